The third-order valence-corrected chi connectivity index (χ3v) is 8.56. The highest BCUT2D eigenvalue weighted by Gasteiger charge is 2.53. The van der Waals surface area contributed by atoms with Gasteiger partial charge in [0.15, 0.2) is 23.1 Å². The minimum atomic E-state index is -5.08. The Morgan fingerprint density at radius 3 is 2.24 bits per heavy atom. The molecular weight excluding hydrogens is 565 g/mol. The summed E-state index contributed by atoms with van der Waals surface area (Å²) in [5.41, 5.74) is 1.50. The van der Waals surface area contributed by atoms with E-state index in [1.165, 1.54) is 30.9 Å². The van der Waals surface area contributed by atoms with E-state index in [9.17, 15) is 26.7 Å². The van der Waals surface area contributed by atoms with Crippen LogP contribution in [0.1, 0.15) is 50.5 Å². The number of carboxylic acids is 1. The van der Waals surface area contributed by atoms with Gasteiger partial charge in [0.1, 0.15) is 0 Å². The predicted molar refractivity (Wildman–Crippen MR) is 144 cm³/mol. The van der Waals surface area contributed by atoms with Crippen LogP contribution in [0.5, 0.6) is 11.5 Å². The molecule has 230 valence electrons. The van der Waals surface area contributed by atoms with Crippen LogP contribution in [-0.2, 0) is 10.2 Å². The highest BCUT2D eigenvalue weighted by molar-refractivity contribution is 5.89. The summed E-state index contributed by atoms with van der Waals surface area (Å²) in [5.74, 6) is -3.21. The summed E-state index contributed by atoms with van der Waals surface area (Å²) >= 11 is 0. The summed E-state index contributed by atoms with van der Waals surface area (Å²) in [6.45, 7) is 1.05. The van der Waals surface area contributed by atoms with Crippen LogP contribution in [0.3, 0.4) is 0 Å². The number of methoxy groups -OCH3 is 2. The minimum absolute atomic E-state index is 0.000703. The van der Waals surface area contributed by atoms with Gasteiger partial charge in [-0.2, -0.15) is 13.2 Å². The lowest BCUT2D eigenvalue weighted by Gasteiger charge is -2.48. The average molecular weight is 600 g/mol. The molecule has 2 aliphatic carbocycles. The number of hydrogen-bond acceptors (Lipinski definition) is 5. The Morgan fingerprint density at radius 1 is 0.976 bits per heavy atom. The van der Waals surface area contributed by atoms with Crippen molar-refractivity contribution in [3.05, 3.63) is 53.6 Å². The molecule has 1 saturated heterocycles. The average Bonchev–Trinajstić information content (AvgIpc) is 3.28. The number of carbonyl (C=O) groups is 2. The molecule has 3 N–H and O–H groups in total. The number of ether oxygens (including phenoxy) is 2. The number of urea groups is 1. The first kappa shape index (κ1) is 31.3. The molecule has 2 aromatic rings. The highest BCUT2D eigenvalue weighted by Crippen LogP contribution is 2.52. The Morgan fingerprint density at radius 2 is 1.67 bits per heavy atom. The molecule has 5 rings (SSSR count). The number of anilines is 1. The van der Waals surface area contributed by atoms with Gasteiger partial charge < -0.3 is 25.2 Å². The van der Waals surface area contributed by atoms with E-state index >= 15 is 0 Å². The second-order valence-corrected chi connectivity index (χ2v) is 10.8. The van der Waals surface area contributed by atoms with Gasteiger partial charge in [-0.15, -0.1) is 0 Å². The second-order valence-electron chi connectivity index (χ2n) is 10.8. The van der Waals surface area contributed by atoms with E-state index in [1.54, 1.807) is 14.2 Å². The van der Waals surface area contributed by atoms with E-state index in [4.69, 9.17) is 19.4 Å². The number of rotatable bonds is 6. The summed E-state index contributed by atoms with van der Waals surface area (Å²) in [6, 6.07) is 10.2. The molecule has 2 aromatic carbocycles. The smallest absolute Gasteiger partial charge is 0.490 e. The van der Waals surface area contributed by atoms with Crippen LogP contribution in [0.2, 0.25) is 0 Å². The Bertz CT molecular complexity index is 1290. The van der Waals surface area contributed by atoms with E-state index in [-0.39, 0.29) is 17.1 Å². The predicted octanol–water partition coefficient (Wildman–Crippen LogP) is 5.85. The standard InChI is InChI=1S/C27H33F2N3O3.C2HF3O2/c1-34-23-9-6-17(14-24(23)35-2)27-11-10-19(16-25(27)32(13-12-27)20-4-3-5-20)31-26(33)30-18-7-8-21(28)22(29)15-18;3-2(4,5)1(6)7/h6-9,14-15,19-20,25H,3-5,10-13,16H2,1-2H3,(H2,30,31,33);(H,6,7)/t19-,25+,27+;/m1./s1. The molecule has 0 bridgehead atoms. The Labute approximate surface area is 240 Å². The third kappa shape index (κ3) is 6.71. The molecule has 0 aromatic heterocycles. The largest absolute Gasteiger partial charge is 0.493 e. The number of aliphatic carboxylic acids is 1. The van der Waals surface area contributed by atoms with Crippen molar-refractivity contribution in [1.29, 1.82) is 0 Å². The Kier molecular flexibility index (Phi) is 9.49. The monoisotopic (exact) mass is 599 g/mol. The van der Waals surface area contributed by atoms with Gasteiger partial charge in [0.2, 0.25) is 0 Å². The first-order valence-corrected chi connectivity index (χ1v) is 13.7. The van der Waals surface area contributed by atoms with Crippen LogP contribution < -0.4 is 20.1 Å². The van der Waals surface area contributed by atoms with Gasteiger partial charge in [0.05, 0.1) is 14.2 Å². The molecule has 0 radical (unpaired) electrons. The topological polar surface area (TPSA) is 100 Å². The Hall–Kier alpha value is -3.61. The lowest BCUT2D eigenvalue weighted by molar-refractivity contribution is -0.192. The zero-order valence-corrected chi connectivity index (χ0v) is 23.3. The zero-order chi connectivity index (χ0) is 30.7. The number of likely N-dealkylation sites (tertiary alicyclic amines) is 1. The number of fused-ring (bicyclic) bond motifs is 1. The Balaban J connectivity index is 0.000000517. The summed E-state index contributed by atoms with van der Waals surface area (Å²) in [5, 5.41) is 12.8. The molecule has 42 heavy (non-hydrogen) atoms. The van der Waals surface area contributed by atoms with E-state index in [2.05, 4.69) is 27.7 Å². The lowest BCUT2D eigenvalue weighted by atomic mass is 9.64. The van der Waals surface area contributed by atoms with Crippen LogP contribution in [0.4, 0.5) is 32.4 Å². The second kappa shape index (κ2) is 12.7. The number of carboxylic acid groups (broad SMARTS) is 1. The molecule has 2 saturated carbocycles. The number of alkyl halides is 3. The fraction of sp³-hybridized carbons (Fsp3) is 0.517. The van der Waals surface area contributed by atoms with Crippen LogP contribution >= 0.6 is 0 Å². The normalized spacial score (nSPS) is 24.0. The van der Waals surface area contributed by atoms with Gasteiger partial charge in [-0.1, -0.05) is 12.5 Å². The molecule has 3 fully saturated rings. The summed E-state index contributed by atoms with van der Waals surface area (Å²) in [6.07, 6.45) is 2.37. The minimum Gasteiger partial charge on any atom is -0.493 e. The molecule has 1 heterocycles. The summed E-state index contributed by atoms with van der Waals surface area (Å²) in [7, 11) is 3.31. The van der Waals surface area contributed by atoms with E-state index in [0.29, 0.717) is 12.1 Å². The maximum Gasteiger partial charge on any atom is 0.490 e. The number of amides is 2. The van der Waals surface area contributed by atoms with E-state index < -0.39 is 29.8 Å². The van der Waals surface area contributed by atoms with Gasteiger partial charge in [0.25, 0.3) is 0 Å². The number of benzene rings is 2. The van der Waals surface area contributed by atoms with Crippen LogP contribution in [0.25, 0.3) is 0 Å². The number of hydrogen-bond donors (Lipinski definition) is 3. The van der Waals surface area contributed by atoms with Crippen molar-refractivity contribution in [3.63, 3.8) is 0 Å². The van der Waals surface area contributed by atoms with Gasteiger partial charge in [-0.3, -0.25) is 4.90 Å². The molecule has 13 heteroatoms. The molecular formula is C29H34F5N3O5. The highest BCUT2D eigenvalue weighted by atomic mass is 19.4. The number of nitrogens with zero attached hydrogens (tertiary/aromatic N) is 1. The third-order valence-electron chi connectivity index (χ3n) is 8.56. The first-order chi connectivity index (χ1) is 19.9. The maximum absolute atomic E-state index is 13.5. The van der Waals surface area contributed by atoms with Crippen LogP contribution in [0, 0.1) is 11.6 Å². The van der Waals surface area contributed by atoms with Gasteiger partial charge >= 0.3 is 18.2 Å². The molecule has 3 aliphatic rings. The molecule has 1 aliphatic heterocycles. The zero-order valence-electron chi connectivity index (χ0n) is 23.3. The van der Waals surface area contributed by atoms with Gasteiger partial charge in [-0.25, -0.2) is 18.4 Å². The van der Waals surface area contributed by atoms with Gasteiger partial charge in [0, 0.05) is 35.3 Å². The van der Waals surface area contributed by atoms with Crippen molar-refractivity contribution in [2.45, 2.75) is 74.7 Å². The number of nitrogens with one attached hydrogen (secondary N) is 2. The lowest BCUT2D eigenvalue weighted by Crippen LogP contribution is -2.55. The molecule has 2 amide bonds. The fourth-order valence-corrected chi connectivity index (χ4v) is 6.28. The van der Waals surface area contributed by atoms with Crippen LogP contribution in [-0.4, -0.2) is 67.1 Å². The number of carbonyl (C=O) groups excluding carboxylic acids is 1. The molecule has 8 nitrogen and oxygen atoms in total. The SMILES string of the molecule is COc1ccc([C@@]23CC[C@@H](NC(=O)Nc4ccc(F)c(F)c4)C[C@@H]2N(C2CCC2)CC3)cc1OC.O=C(O)C(F)(F)F. The quantitative estimate of drug-likeness (QED) is 0.360. The van der Waals surface area contributed by atoms with E-state index in [0.717, 1.165) is 55.9 Å². The number of halogens is 5. The van der Waals surface area contributed by atoms with Crippen molar-refractivity contribution >= 4 is 17.7 Å². The summed E-state index contributed by atoms with van der Waals surface area (Å²) < 4.78 is 69.6. The molecule has 3 atom stereocenters. The van der Waals surface area contributed by atoms with Crippen molar-refractivity contribution < 1.29 is 46.1 Å². The van der Waals surface area contributed by atoms with E-state index in [1.807, 2.05) is 6.07 Å². The van der Waals surface area contributed by atoms with Crippen molar-refractivity contribution in [3.8, 4) is 11.5 Å². The first-order valence-electron chi connectivity index (χ1n) is 13.7. The summed E-state index contributed by atoms with van der Waals surface area (Å²) in [4.78, 5) is 24.2. The molecule has 0 spiro atoms. The van der Waals surface area contributed by atoms with Crippen LogP contribution in [0.15, 0.2) is 36.4 Å². The fourth-order valence-electron chi connectivity index (χ4n) is 6.28. The van der Waals surface area contributed by atoms with Crippen molar-refractivity contribution in [2.75, 3.05) is 26.1 Å². The molecule has 0 unspecified atom stereocenters. The maximum atomic E-state index is 13.5. The van der Waals surface area contributed by atoms with Gasteiger partial charge in [-0.05, 0) is 74.9 Å². The van der Waals surface area contributed by atoms with Crippen molar-refractivity contribution in [1.82, 2.24) is 10.2 Å². The van der Waals surface area contributed by atoms with Crippen molar-refractivity contribution in [2.24, 2.45) is 0 Å².